The Morgan fingerprint density at radius 1 is 1.31 bits per heavy atom. The average molecular weight is 381 g/mol. The van der Waals surface area contributed by atoms with Crippen LogP contribution in [-0.2, 0) is 19.4 Å². The Bertz CT molecular complexity index is 836. The van der Waals surface area contributed by atoms with E-state index in [-0.39, 0.29) is 17.9 Å². The van der Waals surface area contributed by atoms with Crippen LogP contribution in [0.2, 0.25) is 0 Å². The minimum absolute atomic E-state index is 0.0439. The molecule has 2 heterocycles. The summed E-state index contributed by atoms with van der Waals surface area (Å²) in [6.45, 7) is 0. The van der Waals surface area contributed by atoms with Gasteiger partial charge in [-0.05, 0) is 30.7 Å². The van der Waals surface area contributed by atoms with Gasteiger partial charge >= 0.3 is 6.03 Å². The molecule has 0 spiro atoms. The van der Waals surface area contributed by atoms with Crippen LogP contribution in [0, 0.1) is 0 Å². The lowest BCUT2D eigenvalue weighted by Crippen LogP contribution is -2.41. The van der Waals surface area contributed by atoms with Gasteiger partial charge in [0.2, 0.25) is 5.91 Å². The van der Waals surface area contributed by atoms with Crippen molar-refractivity contribution < 1.29 is 27.5 Å². The minimum Gasteiger partial charge on any atom is -0.497 e. The number of carbonyl (C=O) groups is 3. The van der Waals surface area contributed by atoms with Crippen molar-refractivity contribution in [2.24, 2.45) is 0 Å². The van der Waals surface area contributed by atoms with Crippen molar-refractivity contribution in [1.82, 2.24) is 10.6 Å². The van der Waals surface area contributed by atoms with Gasteiger partial charge in [-0.3, -0.25) is 9.59 Å². The Labute approximate surface area is 150 Å². The van der Waals surface area contributed by atoms with Gasteiger partial charge in [-0.1, -0.05) is 0 Å². The second-order valence-electron chi connectivity index (χ2n) is 6.25. The highest BCUT2D eigenvalue weighted by molar-refractivity contribution is 7.91. The lowest BCUT2D eigenvalue weighted by Gasteiger charge is -2.14. The van der Waals surface area contributed by atoms with Crippen molar-refractivity contribution >= 4 is 33.4 Å². The predicted octanol–water partition coefficient (Wildman–Crippen LogP) is -0.187. The Hall–Kier alpha value is -2.62. The number of amides is 4. The molecule has 26 heavy (non-hydrogen) atoms. The van der Waals surface area contributed by atoms with Gasteiger partial charge < -0.3 is 15.4 Å². The molecule has 4 amide bonds. The first kappa shape index (κ1) is 18.2. The summed E-state index contributed by atoms with van der Waals surface area (Å²) in [6, 6.07) is 4.35. The molecule has 1 aromatic rings. The van der Waals surface area contributed by atoms with Crippen molar-refractivity contribution in [2.45, 2.75) is 24.9 Å². The molecule has 2 N–H and O–H groups in total. The van der Waals surface area contributed by atoms with Crippen LogP contribution in [0.1, 0.15) is 12.8 Å². The summed E-state index contributed by atoms with van der Waals surface area (Å²) in [4.78, 5) is 37.7. The van der Waals surface area contributed by atoms with Gasteiger partial charge in [0.15, 0.2) is 9.84 Å². The molecule has 3 rings (SSSR count). The minimum atomic E-state index is -3.11. The predicted molar refractivity (Wildman–Crippen MR) is 92.6 cm³/mol. The third-order valence-electron chi connectivity index (χ3n) is 4.34. The molecule has 0 unspecified atom stereocenters. The van der Waals surface area contributed by atoms with Gasteiger partial charge in [-0.25, -0.2) is 18.1 Å². The van der Waals surface area contributed by atoms with Gasteiger partial charge in [0.05, 0.1) is 30.7 Å². The fourth-order valence-corrected chi connectivity index (χ4v) is 4.70. The van der Waals surface area contributed by atoms with Crippen LogP contribution in [0.15, 0.2) is 24.3 Å². The van der Waals surface area contributed by atoms with Crippen LogP contribution in [0.5, 0.6) is 5.75 Å². The van der Waals surface area contributed by atoms with Gasteiger partial charge in [0, 0.05) is 6.04 Å². The molecule has 0 aliphatic carbocycles. The Kier molecular flexibility index (Phi) is 4.86. The van der Waals surface area contributed by atoms with Crippen molar-refractivity contribution in [1.29, 1.82) is 0 Å². The summed E-state index contributed by atoms with van der Waals surface area (Å²) < 4.78 is 27.9. The summed E-state index contributed by atoms with van der Waals surface area (Å²) in [5, 5.41) is 5.09. The van der Waals surface area contributed by atoms with Crippen molar-refractivity contribution in [2.75, 3.05) is 23.5 Å². The van der Waals surface area contributed by atoms with Crippen LogP contribution < -0.4 is 20.3 Å². The molecule has 0 radical (unpaired) electrons. The number of carbonyl (C=O) groups excluding carboxylic acids is 3. The molecule has 0 aromatic heterocycles. The van der Waals surface area contributed by atoms with E-state index < -0.39 is 39.8 Å². The maximum atomic E-state index is 12.5. The monoisotopic (exact) mass is 381 g/mol. The number of nitrogens with zero attached hydrogens (tertiary/aromatic N) is 1. The van der Waals surface area contributed by atoms with E-state index in [4.69, 9.17) is 4.74 Å². The zero-order valence-corrected chi connectivity index (χ0v) is 14.9. The maximum absolute atomic E-state index is 12.5. The first-order valence-electron chi connectivity index (χ1n) is 8.07. The second kappa shape index (κ2) is 6.94. The van der Waals surface area contributed by atoms with E-state index in [1.54, 1.807) is 24.3 Å². The quantitative estimate of drug-likeness (QED) is 0.682. The molecule has 10 heteroatoms. The van der Waals surface area contributed by atoms with Crippen molar-refractivity contribution in [3.8, 4) is 5.75 Å². The SMILES string of the molecule is COc1ccc(N2C(=O)N[C@H](CC(=O)N[C@H]3CCS(=O)(=O)C3)C2=O)cc1. The molecule has 2 saturated heterocycles. The number of urea groups is 1. The number of methoxy groups -OCH3 is 1. The van der Waals surface area contributed by atoms with Gasteiger partial charge in [-0.2, -0.15) is 0 Å². The Morgan fingerprint density at radius 3 is 2.58 bits per heavy atom. The molecule has 0 bridgehead atoms. The van der Waals surface area contributed by atoms with Crippen LogP contribution >= 0.6 is 0 Å². The van der Waals surface area contributed by atoms with Gasteiger partial charge in [0.25, 0.3) is 5.91 Å². The first-order chi connectivity index (χ1) is 12.3. The summed E-state index contributed by atoms with van der Waals surface area (Å²) in [5.74, 6) is -0.468. The molecule has 2 fully saturated rings. The molecule has 2 aliphatic heterocycles. The highest BCUT2D eigenvalue weighted by atomic mass is 32.2. The van der Waals surface area contributed by atoms with Crippen molar-refractivity contribution in [3.05, 3.63) is 24.3 Å². The molecule has 2 atom stereocenters. The number of nitrogens with one attached hydrogen (secondary N) is 2. The standard InChI is InChI=1S/C16H19N3O6S/c1-25-12-4-2-11(3-5-12)19-15(21)13(18-16(19)22)8-14(20)17-10-6-7-26(23,24)9-10/h2-5,10,13H,6-9H2,1H3,(H,17,20)(H,18,22)/t10-,13+/m0/s1. The zero-order valence-electron chi connectivity index (χ0n) is 14.1. The van der Waals surface area contributed by atoms with Crippen LogP contribution in [0.4, 0.5) is 10.5 Å². The van der Waals surface area contributed by atoms with E-state index in [1.807, 2.05) is 0 Å². The second-order valence-corrected chi connectivity index (χ2v) is 8.47. The fourth-order valence-electron chi connectivity index (χ4n) is 3.03. The number of hydrogen-bond donors (Lipinski definition) is 2. The van der Waals surface area contributed by atoms with E-state index in [9.17, 15) is 22.8 Å². The van der Waals surface area contributed by atoms with E-state index >= 15 is 0 Å². The van der Waals surface area contributed by atoms with Gasteiger partial charge in [-0.15, -0.1) is 0 Å². The largest absolute Gasteiger partial charge is 0.497 e. The van der Waals surface area contributed by atoms with E-state index in [0.717, 1.165) is 4.90 Å². The maximum Gasteiger partial charge on any atom is 0.329 e. The van der Waals surface area contributed by atoms with E-state index in [0.29, 0.717) is 17.9 Å². The summed E-state index contributed by atoms with van der Waals surface area (Å²) in [6.07, 6.45) is 0.116. The topological polar surface area (TPSA) is 122 Å². The Morgan fingerprint density at radius 2 is 2.00 bits per heavy atom. The fraction of sp³-hybridized carbons (Fsp3) is 0.438. The summed E-state index contributed by atoms with van der Waals surface area (Å²) in [5.41, 5.74) is 0.373. The molecule has 140 valence electrons. The van der Waals surface area contributed by atoms with E-state index in [1.165, 1.54) is 7.11 Å². The zero-order chi connectivity index (χ0) is 18.9. The molecule has 1 aromatic carbocycles. The van der Waals surface area contributed by atoms with Crippen molar-refractivity contribution in [3.63, 3.8) is 0 Å². The third kappa shape index (κ3) is 3.79. The first-order valence-corrected chi connectivity index (χ1v) is 9.89. The van der Waals surface area contributed by atoms with Crippen LogP contribution in [0.3, 0.4) is 0 Å². The number of anilines is 1. The number of rotatable bonds is 5. The normalized spacial score (nSPS) is 24.4. The lowest BCUT2D eigenvalue weighted by atomic mass is 10.1. The Balaban J connectivity index is 1.62. The average Bonchev–Trinajstić information content (AvgIpc) is 3.06. The van der Waals surface area contributed by atoms with Crippen LogP contribution in [0.25, 0.3) is 0 Å². The summed E-state index contributed by atoms with van der Waals surface area (Å²) >= 11 is 0. The van der Waals surface area contributed by atoms with Crippen LogP contribution in [-0.4, -0.2) is 57.0 Å². The van der Waals surface area contributed by atoms with Gasteiger partial charge in [0.1, 0.15) is 11.8 Å². The molecular formula is C16H19N3O6S. The number of imide groups is 1. The number of sulfone groups is 1. The molecule has 9 nitrogen and oxygen atoms in total. The number of hydrogen-bond acceptors (Lipinski definition) is 6. The highest BCUT2D eigenvalue weighted by Crippen LogP contribution is 2.23. The number of benzene rings is 1. The highest BCUT2D eigenvalue weighted by Gasteiger charge is 2.40. The summed E-state index contributed by atoms with van der Waals surface area (Å²) in [7, 11) is -1.60. The molecular weight excluding hydrogens is 362 g/mol. The van der Waals surface area contributed by atoms with E-state index in [2.05, 4.69) is 10.6 Å². The molecule has 2 aliphatic rings. The molecule has 0 saturated carbocycles. The smallest absolute Gasteiger partial charge is 0.329 e. The third-order valence-corrected chi connectivity index (χ3v) is 6.10. The number of ether oxygens (including phenoxy) is 1. The lowest BCUT2D eigenvalue weighted by molar-refractivity contribution is -0.126.